The van der Waals surface area contributed by atoms with E-state index in [1.807, 2.05) is 32.0 Å². The van der Waals surface area contributed by atoms with Crippen molar-refractivity contribution in [2.75, 3.05) is 6.54 Å². The van der Waals surface area contributed by atoms with Gasteiger partial charge >= 0.3 is 0 Å². The Labute approximate surface area is 91.5 Å². The Morgan fingerprint density at radius 2 is 2.20 bits per heavy atom. The van der Waals surface area contributed by atoms with Gasteiger partial charge in [-0.2, -0.15) is 0 Å². The molecule has 0 fully saturated rings. The molecule has 1 rings (SSSR count). The highest BCUT2D eigenvalue weighted by Crippen LogP contribution is 2.10. The van der Waals surface area contributed by atoms with Crippen LogP contribution in [-0.4, -0.2) is 22.2 Å². The summed E-state index contributed by atoms with van der Waals surface area (Å²) < 4.78 is 0. The van der Waals surface area contributed by atoms with Crippen LogP contribution in [0.5, 0.6) is 0 Å². The molecule has 0 bridgehead atoms. The van der Waals surface area contributed by atoms with Crippen LogP contribution in [0.2, 0.25) is 0 Å². The van der Waals surface area contributed by atoms with E-state index in [-0.39, 0.29) is 6.04 Å². The Kier molecular flexibility index (Phi) is 4.24. The lowest BCUT2D eigenvalue weighted by atomic mass is 10.1. The summed E-state index contributed by atoms with van der Waals surface area (Å²) in [7, 11) is 0. The highest BCUT2D eigenvalue weighted by molar-refractivity contribution is 5.07. The molecule has 0 unspecified atom stereocenters. The SMILES string of the molecule is C[C@H](NCCC(C)(C)O)c1ccccn1. The lowest BCUT2D eigenvalue weighted by molar-refractivity contribution is 0.0705. The number of rotatable bonds is 5. The van der Waals surface area contributed by atoms with Gasteiger partial charge in [-0.1, -0.05) is 6.07 Å². The zero-order valence-electron chi connectivity index (χ0n) is 9.70. The van der Waals surface area contributed by atoms with E-state index < -0.39 is 5.60 Å². The summed E-state index contributed by atoms with van der Waals surface area (Å²) in [4.78, 5) is 4.27. The minimum absolute atomic E-state index is 0.230. The summed E-state index contributed by atoms with van der Waals surface area (Å²) >= 11 is 0. The van der Waals surface area contributed by atoms with Gasteiger partial charge in [0.1, 0.15) is 0 Å². The Balaban J connectivity index is 2.34. The summed E-state index contributed by atoms with van der Waals surface area (Å²) in [6, 6.07) is 6.12. The van der Waals surface area contributed by atoms with Gasteiger partial charge in [-0.05, 0) is 45.9 Å². The van der Waals surface area contributed by atoms with Crippen molar-refractivity contribution in [2.24, 2.45) is 0 Å². The van der Waals surface area contributed by atoms with Crippen LogP contribution in [0.15, 0.2) is 24.4 Å². The molecule has 0 aliphatic heterocycles. The molecule has 15 heavy (non-hydrogen) atoms. The number of hydrogen-bond acceptors (Lipinski definition) is 3. The van der Waals surface area contributed by atoms with Crippen molar-refractivity contribution in [2.45, 2.75) is 38.8 Å². The molecular weight excluding hydrogens is 188 g/mol. The number of nitrogens with zero attached hydrogens (tertiary/aromatic N) is 1. The molecule has 0 radical (unpaired) electrons. The largest absolute Gasteiger partial charge is 0.390 e. The Hall–Kier alpha value is -0.930. The lowest BCUT2D eigenvalue weighted by Crippen LogP contribution is -2.28. The second kappa shape index (κ2) is 5.24. The van der Waals surface area contributed by atoms with Crippen LogP contribution in [0, 0.1) is 0 Å². The standard InChI is InChI=1S/C12H20N2O/c1-10(11-6-4-5-8-14-11)13-9-7-12(2,3)15/h4-6,8,10,13,15H,7,9H2,1-3H3/t10-/m0/s1. The molecule has 3 heteroatoms. The van der Waals surface area contributed by atoms with Gasteiger partial charge in [-0.25, -0.2) is 0 Å². The fourth-order valence-electron chi connectivity index (χ4n) is 1.33. The molecule has 0 spiro atoms. The van der Waals surface area contributed by atoms with Crippen LogP contribution in [0.3, 0.4) is 0 Å². The Morgan fingerprint density at radius 3 is 2.73 bits per heavy atom. The molecule has 0 aliphatic rings. The lowest BCUT2D eigenvalue weighted by Gasteiger charge is -2.19. The molecule has 1 heterocycles. The maximum atomic E-state index is 9.55. The zero-order chi connectivity index (χ0) is 11.3. The highest BCUT2D eigenvalue weighted by Gasteiger charge is 2.12. The van der Waals surface area contributed by atoms with Crippen molar-refractivity contribution >= 4 is 0 Å². The fourth-order valence-corrected chi connectivity index (χ4v) is 1.33. The first-order chi connectivity index (χ1) is 6.99. The Bertz CT molecular complexity index is 279. The third kappa shape index (κ3) is 4.91. The van der Waals surface area contributed by atoms with E-state index in [1.165, 1.54) is 0 Å². The van der Waals surface area contributed by atoms with E-state index in [1.54, 1.807) is 6.20 Å². The molecule has 0 saturated heterocycles. The summed E-state index contributed by atoms with van der Waals surface area (Å²) in [6.07, 6.45) is 2.54. The minimum atomic E-state index is -0.600. The van der Waals surface area contributed by atoms with Gasteiger partial charge in [0, 0.05) is 12.2 Å². The molecular formula is C12H20N2O. The van der Waals surface area contributed by atoms with Gasteiger partial charge in [0.25, 0.3) is 0 Å². The fraction of sp³-hybridized carbons (Fsp3) is 0.583. The number of hydrogen-bond donors (Lipinski definition) is 2. The van der Waals surface area contributed by atoms with E-state index in [9.17, 15) is 5.11 Å². The second-order valence-corrected chi connectivity index (χ2v) is 4.49. The van der Waals surface area contributed by atoms with Gasteiger partial charge in [0.15, 0.2) is 0 Å². The third-order valence-corrected chi connectivity index (χ3v) is 2.32. The minimum Gasteiger partial charge on any atom is -0.390 e. The first-order valence-corrected chi connectivity index (χ1v) is 5.36. The molecule has 1 aromatic rings. The predicted octanol–water partition coefficient (Wildman–Crippen LogP) is 1.89. The van der Waals surface area contributed by atoms with Crippen LogP contribution in [0.1, 0.15) is 38.9 Å². The monoisotopic (exact) mass is 208 g/mol. The molecule has 2 N–H and O–H groups in total. The number of aromatic nitrogens is 1. The van der Waals surface area contributed by atoms with Crippen LogP contribution < -0.4 is 5.32 Å². The first-order valence-electron chi connectivity index (χ1n) is 5.36. The molecule has 84 valence electrons. The van der Waals surface area contributed by atoms with Gasteiger partial charge in [-0.3, -0.25) is 4.98 Å². The molecule has 0 amide bonds. The smallest absolute Gasteiger partial charge is 0.0603 e. The van der Waals surface area contributed by atoms with E-state index in [4.69, 9.17) is 0 Å². The quantitative estimate of drug-likeness (QED) is 0.776. The average Bonchev–Trinajstić information content (AvgIpc) is 2.17. The van der Waals surface area contributed by atoms with Gasteiger partial charge in [0.2, 0.25) is 0 Å². The van der Waals surface area contributed by atoms with Gasteiger partial charge in [0.05, 0.1) is 11.3 Å². The predicted molar refractivity (Wildman–Crippen MR) is 61.6 cm³/mol. The van der Waals surface area contributed by atoms with Crippen molar-refractivity contribution in [1.29, 1.82) is 0 Å². The number of pyridine rings is 1. The molecule has 1 atom stereocenters. The summed E-state index contributed by atoms with van der Waals surface area (Å²) in [6.45, 7) is 6.51. The maximum absolute atomic E-state index is 9.55. The van der Waals surface area contributed by atoms with Crippen molar-refractivity contribution < 1.29 is 5.11 Å². The van der Waals surface area contributed by atoms with E-state index in [0.717, 1.165) is 18.7 Å². The summed E-state index contributed by atoms with van der Waals surface area (Å²) in [5.74, 6) is 0. The van der Waals surface area contributed by atoms with Gasteiger partial charge < -0.3 is 10.4 Å². The molecule has 0 aromatic carbocycles. The molecule has 0 saturated carbocycles. The van der Waals surface area contributed by atoms with Crippen LogP contribution in [0.25, 0.3) is 0 Å². The molecule has 3 nitrogen and oxygen atoms in total. The van der Waals surface area contributed by atoms with Crippen molar-refractivity contribution in [3.05, 3.63) is 30.1 Å². The van der Waals surface area contributed by atoms with Crippen molar-refractivity contribution in [1.82, 2.24) is 10.3 Å². The highest BCUT2D eigenvalue weighted by atomic mass is 16.3. The van der Waals surface area contributed by atoms with Crippen LogP contribution in [-0.2, 0) is 0 Å². The second-order valence-electron chi connectivity index (χ2n) is 4.49. The van der Waals surface area contributed by atoms with Crippen LogP contribution >= 0.6 is 0 Å². The molecule has 1 aromatic heterocycles. The van der Waals surface area contributed by atoms with Crippen molar-refractivity contribution in [3.8, 4) is 0 Å². The average molecular weight is 208 g/mol. The Morgan fingerprint density at radius 1 is 1.47 bits per heavy atom. The maximum Gasteiger partial charge on any atom is 0.0603 e. The van der Waals surface area contributed by atoms with Crippen LogP contribution in [0.4, 0.5) is 0 Å². The van der Waals surface area contributed by atoms with Gasteiger partial charge in [-0.15, -0.1) is 0 Å². The first kappa shape index (κ1) is 12.1. The third-order valence-electron chi connectivity index (χ3n) is 2.32. The topological polar surface area (TPSA) is 45.1 Å². The van der Waals surface area contributed by atoms with Crippen molar-refractivity contribution in [3.63, 3.8) is 0 Å². The normalized spacial score (nSPS) is 13.9. The summed E-state index contributed by atoms with van der Waals surface area (Å²) in [5, 5.41) is 12.9. The number of nitrogens with one attached hydrogen (secondary N) is 1. The van der Waals surface area contributed by atoms with E-state index >= 15 is 0 Å². The van der Waals surface area contributed by atoms with E-state index in [0.29, 0.717) is 0 Å². The molecule has 0 aliphatic carbocycles. The number of aliphatic hydroxyl groups is 1. The van der Waals surface area contributed by atoms with E-state index in [2.05, 4.69) is 17.2 Å². The zero-order valence-corrected chi connectivity index (χ0v) is 9.70. The summed E-state index contributed by atoms with van der Waals surface area (Å²) in [5.41, 5.74) is 0.435.